The number of aromatic nitrogens is 3. The van der Waals surface area contributed by atoms with Gasteiger partial charge in [-0.05, 0) is 5.56 Å². The summed E-state index contributed by atoms with van der Waals surface area (Å²) in [5.74, 6) is 0.580. The number of pyridine rings is 1. The largest absolute Gasteiger partial charge is 0.481 e. The zero-order valence-corrected chi connectivity index (χ0v) is 11.9. The third-order valence-electron chi connectivity index (χ3n) is 2.30. The summed E-state index contributed by atoms with van der Waals surface area (Å²) in [5.41, 5.74) is 1.63. The van der Waals surface area contributed by atoms with E-state index >= 15 is 0 Å². The highest BCUT2D eigenvalue weighted by Gasteiger charge is 2.01. The molecule has 2 aromatic heterocycles. The van der Waals surface area contributed by atoms with Crippen molar-refractivity contribution in [2.24, 2.45) is 4.36 Å². The lowest BCUT2D eigenvalue weighted by molar-refractivity contribution is 0.397. The molecule has 0 fully saturated rings. The van der Waals surface area contributed by atoms with Gasteiger partial charge in [0.05, 0.1) is 26.0 Å². The predicted molar refractivity (Wildman–Crippen MR) is 74.2 cm³/mol. The van der Waals surface area contributed by atoms with E-state index in [0.717, 1.165) is 5.56 Å². The lowest BCUT2D eigenvalue weighted by Crippen LogP contribution is -2.00. The summed E-state index contributed by atoms with van der Waals surface area (Å²) in [6, 6.07) is 3.72. The molecule has 0 N–H and O–H groups in total. The molecule has 0 aliphatic heterocycles. The van der Waals surface area contributed by atoms with Crippen molar-refractivity contribution in [1.82, 2.24) is 14.8 Å². The van der Waals surface area contributed by atoms with Crippen LogP contribution in [0.1, 0.15) is 5.56 Å². The third-order valence-corrected chi connectivity index (χ3v) is 2.95. The van der Waals surface area contributed by atoms with Crippen LogP contribution in [0.15, 0.2) is 35.1 Å². The van der Waals surface area contributed by atoms with E-state index in [1.165, 1.54) is 0 Å². The average molecular weight is 280 g/mol. The quantitative estimate of drug-likeness (QED) is 0.854. The molecule has 0 atom stereocenters. The highest BCUT2D eigenvalue weighted by Crippen LogP contribution is 2.13. The Bertz CT molecular complexity index is 661. The molecule has 2 aromatic rings. The van der Waals surface area contributed by atoms with Crippen LogP contribution in [0.5, 0.6) is 5.88 Å². The van der Waals surface area contributed by atoms with Crippen LogP contribution >= 0.6 is 0 Å². The number of nitrogens with zero attached hydrogens (tertiary/aromatic N) is 4. The molecular formula is C12H16N4O2S. The van der Waals surface area contributed by atoms with Crippen molar-refractivity contribution < 1.29 is 8.95 Å². The summed E-state index contributed by atoms with van der Waals surface area (Å²) in [6.07, 6.45) is 8.29. The first-order valence-corrected chi connectivity index (χ1v) is 7.98. The van der Waals surface area contributed by atoms with Crippen molar-refractivity contribution in [3.05, 3.63) is 36.3 Å². The van der Waals surface area contributed by atoms with Gasteiger partial charge in [0.2, 0.25) is 5.88 Å². The predicted octanol–water partition coefficient (Wildman–Crippen LogP) is 1.69. The molecule has 102 valence electrons. The Balaban J connectivity index is 2.13. The Morgan fingerprint density at radius 1 is 1.37 bits per heavy atom. The van der Waals surface area contributed by atoms with Crippen LogP contribution in [0, 0.1) is 0 Å². The molecule has 0 saturated carbocycles. The number of hydrogen-bond donors (Lipinski definition) is 0. The van der Waals surface area contributed by atoms with Gasteiger partial charge in [-0.15, -0.1) is 0 Å². The summed E-state index contributed by atoms with van der Waals surface area (Å²) in [4.78, 5) is 4.13. The zero-order chi connectivity index (χ0) is 13.9. The second-order valence-electron chi connectivity index (χ2n) is 4.38. The Morgan fingerprint density at radius 3 is 2.74 bits per heavy atom. The first-order valence-electron chi connectivity index (χ1n) is 5.65. The maximum Gasteiger partial charge on any atom is 0.212 e. The standard InChI is InChI=1S/C12H16N4O2S/c1-18-12-5-4-10(6-13-12)8-16-9-11(7-14-16)15-19(2,3)17/h4-7,9H,8H2,1-3H3. The fourth-order valence-electron chi connectivity index (χ4n) is 1.55. The van der Waals surface area contributed by atoms with Gasteiger partial charge >= 0.3 is 0 Å². The van der Waals surface area contributed by atoms with Gasteiger partial charge in [-0.2, -0.15) is 9.46 Å². The zero-order valence-electron chi connectivity index (χ0n) is 11.1. The summed E-state index contributed by atoms with van der Waals surface area (Å²) in [7, 11) is -0.573. The lowest BCUT2D eigenvalue weighted by Gasteiger charge is -2.02. The smallest absolute Gasteiger partial charge is 0.212 e. The Kier molecular flexibility index (Phi) is 3.84. The summed E-state index contributed by atoms with van der Waals surface area (Å²) < 4.78 is 22.4. The van der Waals surface area contributed by atoms with Crippen molar-refractivity contribution in [3.8, 4) is 5.88 Å². The van der Waals surface area contributed by atoms with Gasteiger partial charge in [0.25, 0.3) is 0 Å². The topological polar surface area (TPSA) is 69.4 Å². The van der Waals surface area contributed by atoms with E-state index in [1.807, 2.05) is 6.07 Å². The van der Waals surface area contributed by atoms with Crippen molar-refractivity contribution >= 4 is 15.4 Å². The minimum Gasteiger partial charge on any atom is -0.481 e. The number of methoxy groups -OCH3 is 1. The normalized spacial score (nSPS) is 11.3. The SMILES string of the molecule is COc1ccc(Cn2cc(N=S(C)(C)=O)cn2)cn1. The lowest BCUT2D eigenvalue weighted by atomic mass is 10.3. The van der Waals surface area contributed by atoms with E-state index in [1.54, 1.807) is 49.0 Å². The molecule has 0 aromatic carbocycles. The fourth-order valence-corrected chi connectivity index (χ4v) is 2.15. The van der Waals surface area contributed by atoms with Crippen LogP contribution in [0.3, 0.4) is 0 Å². The second-order valence-corrected chi connectivity index (χ2v) is 6.92. The highest BCUT2D eigenvalue weighted by molar-refractivity contribution is 7.92. The van der Waals surface area contributed by atoms with E-state index in [4.69, 9.17) is 4.74 Å². The molecule has 0 spiro atoms. The van der Waals surface area contributed by atoms with Gasteiger partial charge in [-0.25, -0.2) is 9.19 Å². The molecular weight excluding hydrogens is 264 g/mol. The molecule has 7 heteroatoms. The van der Waals surface area contributed by atoms with E-state index in [2.05, 4.69) is 14.4 Å². The van der Waals surface area contributed by atoms with Gasteiger partial charge in [0, 0.05) is 34.5 Å². The minimum atomic E-state index is -2.15. The van der Waals surface area contributed by atoms with Crippen molar-refractivity contribution in [2.75, 3.05) is 19.6 Å². The summed E-state index contributed by atoms with van der Waals surface area (Å²) in [6.45, 7) is 0.584. The number of ether oxygens (including phenoxy) is 1. The van der Waals surface area contributed by atoms with Crippen LogP contribution in [-0.4, -0.2) is 38.6 Å². The van der Waals surface area contributed by atoms with Gasteiger partial charge < -0.3 is 4.74 Å². The molecule has 6 nitrogen and oxygen atoms in total. The Morgan fingerprint density at radius 2 is 2.16 bits per heavy atom. The Hall–Kier alpha value is -1.89. The molecule has 0 saturated heterocycles. The average Bonchev–Trinajstić information content (AvgIpc) is 2.75. The molecule has 0 radical (unpaired) electrons. The molecule has 19 heavy (non-hydrogen) atoms. The maximum absolute atomic E-state index is 11.6. The van der Waals surface area contributed by atoms with Crippen LogP contribution in [0.2, 0.25) is 0 Å². The fraction of sp³-hybridized carbons (Fsp3) is 0.333. The van der Waals surface area contributed by atoms with E-state index in [9.17, 15) is 4.21 Å². The number of rotatable bonds is 4. The molecule has 0 aliphatic carbocycles. The molecule has 0 bridgehead atoms. The van der Waals surface area contributed by atoms with Crippen LogP contribution in [-0.2, 0) is 16.3 Å². The van der Waals surface area contributed by atoms with Crippen LogP contribution < -0.4 is 4.74 Å². The van der Waals surface area contributed by atoms with Crippen LogP contribution in [0.4, 0.5) is 5.69 Å². The molecule has 2 rings (SSSR count). The molecule has 0 aliphatic rings. The minimum absolute atomic E-state index is 0.580. The van der Waals surface area contributed by atoms with Gasteiger partial charge in [-0.1, -0.05) is 6.07 Å². The van der Waals surface area contributed by atoms with Gasteiger partial charge in [-0.3, -0.25) is 4.68 Å². The first-order chi connectivity index (χ1) is 8.96. The second kappa shape index (κ2) is 5.40. The maximum atomic E-state index is 11.6. The molecule has 2 heterocycles. The van der Waals surface area contributed by atoms with Crippen LogP contribution in [0.25, 0.3) is 0 Å². The monoisotopic (exact) mass is 280 g/mol. The Labute approximate surface area is 112 Å². The summed E-state index contributed by atoms with van der Waals surface area (Å²) >= 11 is 0. The first kappa shape index (κ1) is 13.5. The van der Waals surface area contributed by atoms with Gasteiger partial charge in [0.1, 0.15) is 5.69 Å². The van der Waals surface area contributed by atoms with E-state index < -0.39 is 9.73 Å². The highest BCUT2D eigenvalue weighted by atomic mass is 32.2. The third kappa shape index (κ3) is 4.06. The molecule has 0 amide bonds. The summed E-state index contributed by atoms with van der Waals surface area (Å²) in [5, 5.41) is 4.18. The van der Waals surface area contributed by atoms with Gasteiger partial charge in [0.15, 0.2) is 0 Å². The van der Waals surface area contributed by atoms with Crippen molar-refractivity contribution in [1.29, 1.82) is 0 Å². The van der Waals surface area contributed by atoms with E-state index in [-0.39, 0.29) is 0 Å². The molecule has 0 unspecified atom stereocenters. The van der Waals surface area contributed by atoms with E-state index in [0.29, 0.717) is 18.1 Å². The van der Waals surface area contributed by atoms with Crippen molar-refractivity contribution in [2.45, 2.75) is 6.54 Å². The number of hydrogen-bond acceptors (Lipinski definition) is 5. The van der Waals surface area contributed by atoms with Crippen molar-refractivity contribution in [3.63, 3.8) is 0 Å².